The van der Waals surface area contributed by atoms with Gasteiger partial charge in [0, 0.05) is 24.5 Å². The topological polar surface area (TPSA) is 134 Å². The van der Waals surface area contributed by atoms with Crippen LogP contribution in [0.4, 0.5) is 4.79 Å². The highest BCUT2D eigenvalue weighted by molar-refractivity contribution is 8.76. The van der Waals surface area contributed by atoms with Gasteiger partial charge in [0.15, 0.2) is 0 Å². The minimum atomic E-state index is -0.985. The summed E-state index contributed by atoms with van der Waals surface area (Å²) in [6, 6.07) is -0.765. The molecule has 1 heterocycles. The summed E-state index contributed by atoms with van der Waals surface area (Å²) >= 11 is 0. The highest BCUT2D eigenvalue weighted by atomic mass is 33.1. The summed E-state index contributed by atoms with van der Waals surface area (Å²) in [5.41, 5.74) is 0. The Morgan fingerprint density at radius 2 is 2.08 bits per heavy atom. The molecule has 1 saturated heterocycles. The molecule has 0 N–H and O–H groups in total. The second-order valence-corrected chi connectivity index (χ2v) is 7.33. The number of likely N-dealkylation sites (tertiary alicyclic amines) is 1. The van der Waals surface area contributed by atoms with Crippen LogP contribution in [0.3, 0.4) is 0 Å². The van der Waals surface area contributed by atoms with Gasteiger partial charge in [-0.2, -0.15) is 4.99 Å². The van der Waals surface area contributed by atoms with Crippen molar-refractivity contribution in [1.29, 1.82) is 0 Å². The lowest BCUT2D eigenvalue weighted by atomic mass is 10.3. The Morgan fingerprint density at radius 1 is 1.42 bits per heavy atom. The molecular formula is C12H18N3O7S2-. The molecule has 136 valence electrons. The summed E-state index contributed by atoms with van der Waals surface area (Å²) in [6.45, 7) is 2.06. The number of carbonyl (C=O) groups is 2. The van der Waals surface area contributed by atoms with E-state index in [4.69, 9.17) is 4.74 Å². The van der Waals surface area contributed by atoms with Gasteiger partial charge in [-0.25, -0.2) is 4.79 Å². The third kappa shape index (κ3) is 7.73. The number of ether oxygens (including phenoxy) is 1. The van der Waals surface area contributed by atoms with E-state index in [-0.39, 0.29) is 19.1 Å². The van der Waals surface area contributed by atoms with Gasteiger partial charge in [0.25, 0.3) is 5.09 Å². The van der Waals surface area contributed by atoms with Crippen molar-refractivity contribution in [2.45, 2.75) is 25.8 Å². The SMILES string of the molecule is C[C@@H](/C([O-])=N/C(=O)OCCSSCCO[N+](=O)[O-])N1CCCC1=O. The van der Waals surface area contributed by atoms with Crippen LogP contribution in [0.15, 0.2) is 4.99 Å². The van der Waals surface area contributed by atoms with Gasteiger partial charge in [-0.1, -0.05) is 21.6 Å². The number of nitrogens with zero attached hydrogens (tertiary/aromatic N) is 3. The first-order valence-corrected chi connectivity index (χ1v) is 9.64. The first-order valence-electron chi connectivity index (χ1n) is 7.15. The van der Waals surface area contributed by atoms with Gasteiger partial charge in [0.05, 0.1) is 6.04 Å². The summed E-state index contributed by atoms with van der Waals surface area (Å²) in [4.78, 5) is 41.7. The van der Waals surface area contributed by atoms with E-state index in [1.165, 1.54) is 33.4 Å². The van der Waals surface area contributed by atoms with Crippen molar-refractivity contribution >= 4 is 39.5 Å². The van der Waals surface area contributed by atoms with Gasteiger partial charge in [0.2, 0.25) is 5.91 Å². The Hall–Kier alpha value is -1.69. The van der Waals surface area contributed by atoms with Gasteiger partial charge in [0.1, 0.15) is 13.2 Å². The predicted molar refractivity (Wildman–Crippen MR) is 87.1 cm³/mol. The Balaban J connectivity index is 2.16. The van der Waals surface area contributed by atoms with Crippen molar-refractivity contribution in [3.63, 3.8) is 0 Å². The average Bonchev–Trinajstić information content (AvgIpc) is 2.94. The normalized spacial score (nSPS) is 16.1. The molecule has 0 aliphatic carbocycles. The van der Waals surface area contributed by atoms with Gasteiger partial charge < -0.3 is 19.6 Å². The molecule has 1 fully saturated rings. The molecule has 12 heteroatoms. The van der Waals surface area contributed by atoms with Crippen LogP contribution >= 0.6 is 21.6 Å². The Bertz CT molecular complexity index is 489. The van der Waals surface area contributed by atoms with Crippen molar-refractivity contribution in [2.75, 3.05) is 31.3 Å². The van der Waals surface area contributed by atoms with Crippen LogP contribution in [-0.4, -0.2) is 65.2 Å². The molecule has 0 aromatic heterocycles. The number of aliphatic imine (C=N–C) groups is 1. The van der Waals surface area contributed by atoms with Crippen LogP contribution in [0.5, 0.6) is 0 Å². The smallest absolute Gasteiger partial charge is 0.432 e. The molecule has 0 spiro atoms. The molecule has 1 aliphatic rings. The first kappa shape index (κ1) is 20.4. The van der Waals surface area contributed by atoms with E-state index in [2.05, 4.69) is 9.83 Å². The molecular weight excluding hydrogens is 362 g/mol. The third-order valence-electron chi connectivity index (χ3n) is 2.98. The molecule has 24 heavy (non-hydrogen) atoms. The lowest BCUT2D eigenvalue weighted by Gasteiger charge is -2.28. The van der Waals surface area contributed by atoms with Crippen molar-refractivity contribution in [3.05, 3.63) is 10.1 Å². The van der Waals surface area contributed by atoms with E-state index in [9.17, 15) is 24.8 Å². The molecule has 1 aliphatic heterocycles. The van der Waals surface area contributed by atoms with Crippen LogP contribution in [0.2, 0.25) is 0 Å². The van der Waals surface area contributed by atoms with E-state index in [1.54, 1.807) is 0 Å². The van der Waals surface area contributed by atoms with Gasteiger partial charge >= 0.3 is 6.09 Å². The standard InChI is InChI=1S/C12H19N3O7S2/c1-9(14-4-2-3-10(14)16)11(17)13-12(18)21-5-7-23-24-8-6-22-15(19)20/h9H,2-8H2,1H3,(H,13,17,18)/p-1/t9-/m0/s1. The number of hydrogen-bond acceptors (Lipinski definition) is 9. The minimum absolute atomic E-state index is 0.0125. The Labute approximate surface area is 146 Å². The van der Waals surface area contributed by atoms with Crippen LogP contribution in [-0.2, 0) is 14.4 Å². The number of amides is 2. The van der Waals surface area contributed by atoms with Crippen LogP contribution in [0.1, 0.15) is 19.8 Å². The second-order valence-electron chi connectivity index (χ2n) is 4.63. The first-order chi connectivity index (χ1) is 11.4. The number of hydrogen-bond donors (Lipinski definition) is 0. The van der Waals surface area contributed by atoms with E-state index in [1.807, 2.05) is 0 Å². The highest BCUT2D eigenvalue weighted by Gasteiger charge is 2.25. The van der Waals surface area contributed by atoms with E-state index in [0.29, 0.717) is 30.9 Å². The maximum absolute atomic E-state index is 11.8. The molecule has 2 amide bonds. The minimum Gasteiger partial charge on any atom is -0.860 e. The summed E-state index contributed by atoms with van der Waals surface area (Å²) in [6.07, 6.45) is 0.118. The zero-order valence-electron chi connectivity index (χ0n) is 13.0. The molecule has 0 unspecified atom stereocenters. The summed E-state index contributed by atoms with van der Waals surface area (Å²) in [7, 11) is 2.69. The highest BCUT2D eigenvalue weighted by Crippen LogP contribution is 2.20. The maximum Gasteiger partial charge on any atom is 0.432 e. The predicted octanol–water partition coefficient (Wildman–Crippen LogP) is 0.482. The third-order valence-corrected chi connectivity index (χ3v) is 5.31. The molecule has 0 saturated carbocycles. The fourth-order valence-corrected chi connectivity index (χ4v) is 3.50. The van der Waals surface area contributed by atoms with Crippen molar-refractivity contribution < 1.29 is 29.4 Å². The summed E-state index contributed by atoms with van der Waals surface area (Å²) < 4.78 is 4.79. The molecule has 1 rings (SSSR count). The summed E-state index contributed by atoms with van der Waals surface area (Å²) in [5.74, 6) is 0.0471. The molecule has 0 aromatic rings. The zero-order valence-corrected chi connectivity index (χ0v) is 14.7. The molecule has 10 nitrogen and oxygen atoms in total. The van der Waals surface area contributed by atoms with Crippen LogP contribution < -0.4 is 5.11 Å². The molecule has 0 radical (unpaired) electrons. The summed E-state index contributed by atoms with van der Waals surface area (Å²) in [5, 5.41) is 20.8. The Kier molecular flexibility index (Phi) is 9.30. The number of carbonyl (C=O) groups excluding carboxylic acids is 2. The van der Waals surface area contributed by atoms with E-state index >= 15 is 0 Å². The fraction of sp³-hybridized carbons (Fsp3) is 0.750. The van der Waals surface area contributed by atoms with Crippen LogP contribution in [0.25, 0.3) is 0 Å². The van der Waals surface area contributed by atoms with Crippen molar-refractivity contribution in [1.82, 2.24) is 4.90 Å². The van der Waals surface area contributed by atoms with Gasteiger partial charge in [-0.15, -0.1) is 10.1 Å². The quantitative estimate of drug-likeness (QED) is 0.132. The van der Waals surface area contributed by atoms with Crippen molar-refractivity contribution in [2.24, 2.45) is 4.99 Å². The Morgan fingerprint density at radius 3 is 2.67 bits per heavy atom. The zero-order chi connectivity index (χ0) is 17.9. The lowest BCUT2D eigenvalue weighted by molar-refractivity contribution is -0.756. The maximum atomic E-state index is 11.8. The van der Waals surface area contributed by atoms with Gasteiger partial charge in [-0.3, -0.25) is 4.79 Å². The van der Waals surface area contributed by atoms with E-state index < -0.39 is 23.1 Å². The molecule has 0 aromatic carbocycles. The monoisotopic (exact) mass is 380 g/mol. The van der Waals surface area contributed by atoms with Gasteiger partial charge in [-0.05, 0) is 19.2 Å². The van der Waals surface area contributed by atoms with Crippen LogP contribution in [0, 0.1) is 10.1 Å². The largest absolute Gasteiger partial charge is 0.860 e. The second kappa shape index (κ2) is 11.0. The number of rotatable bonds is 10. The van der Waals surface area contributed by atoms with E-state index in [0.717, 1.165) is 0 Å². The fourth-order valence-electron chi connectivity index (χ4n) is 1.85. The molecule has 1 atom stereocenters. The lowest BCUT2D eigenvalue weighted by Crippen LogP contribution is -2.45. The van der Waals surface area contributed by atoms with Crippen molar-refractivity contribution in [3.8, 4) is 0 Å². The molecule has 0 bridgehead atoms. The average molecular weight is 380 g/mol.